The van der Waals surface area contributed by atoms with Gasteiger partial charge >= 0.3 is 0 Å². The number of nitrogens with zero attached hydrogens (tertiary/aromatic N) is 1. The van der Waals surface area contributed by atoms with Gasteiger partial charge in [-0.25, -0.2) is 13.8 Å². The maximum Gasteiger partial charge on any atom is 0.126 e. The van der Waals surface area contributed by atoms with Crippen LogP contribution in [0.1, 0.15) is 22.3 Å². The largest absolute Gasteiger partial charge is 0.383 e. The molecular weight excluding hydrogens is 282 g/mol. The second-order valence-electron chi connectivity index (χ2n) is 4.41. The van der Waals surface area contributed by atoms with Crippen LogP contribution in [0, 0.1) is 18.6 Å². The molecule has 6 heteroatoms. The summed E-state index contributed by atoms with van der Waals surface area (Å²) in [6, 6.07) is 3.17. The van der Waals surface area contributed by atoms with Crippen LogP contribution in [0.15, 0.2) is 23.6 Å². The molecule has 2 rings (SSSR count). The van der Waals surface area contributed by atoms with Gasteiger partial charge in [0.15, 0.2) is 0 Å². The number of rotatable bonds is 6. The number of halogens is 2. The molecule has 1 aromatic carbocycles. The van der Waals surface area contributed by atoms with E-state index in [4.69, 9.17) is 4.74 Å². The molecule has 0 aliphatic heterocycles. The van der Waals surface area contributed by atoms with E-state index in [1.807, 2.05) is 12.3 Å². The molecule has 1 N–H and O–H groups in total. The summed E-state index contributed by atoms with van der Waals surface area (Å²) >= 11 is 1.46. The summed E-state index contributed by atoms with van der Waals surface area (Å²) in [5.41, 5.74) is 1.41. The Hall–Kier alpha value is -1.37. The molecule has 0 saturated carbocycles. The van der Waals surface area contributed by atoms with E-state index in [0.717, 1.165) is 16.8 Å². The van der Waals surface area contributed by atoms with E-state index >= 15 is 0 Å². The SMILES string of the molecule is COCCNC(c1cc(F)cc(F)c1)c1nc(C)cs1. The zero-order chi connectivity index (χ0) is 14.5. The van der Waals surface area contributed by atoms with Gasteiger partial charge in [-0.15, -0.1) is 11.3 Å². The predicted molar refractivity (Wildman–Crippen MR) is 74.9 cm³/mol. The highest BCUT2D eigenvalue weighted by atomic mass is 32.1. The molecule has 0 aliphatic rings. The first-order chi connectivity index (χ1) is 9.60. The third-order valence-corrected chi connectivity index (χ3v) is 3.78. The minimum atomic E-state index is -0.591. The van der Waals surface area contributed by atoms with Gasteiger partial charge in [-0.1, -0.05) is 0 Å². The van der Waals surface area contributed by atoms with Gasteiger partial charge in [-0.2, -0.15) is 0 Å². The molecule has 0 saturated heterocycles. The Bertz CT molecular complexity index is 554. The lowest BCUT2D eigenvalue weighted by molar-refractivity contribution is 0.197. The third kappa shape index (κ3) is 3.82. The highest BCUT2D eigenvalue weighted by Gasteiger charge is 2.18. The fourth-order valence-electron chi connectivity index (χ4n) is 1.90. The molecule has 1 unspecified atom stereocenters. The number of benzene rings is 1. The Morgan fingerprint density at radius 2 is 2.00 bits per heavy atom. The van der Waals surface area contributed by atoms with Gasteiger partial charge in [0, 0.05) is 30.8 Å². The van der Waals surface area contributed by atoms with Gasteiger partial charge in [0.2, 0.25) is 0 Å². The van der Waals surface area contributed by atoms with Crippen molar-refractivity contribution < 1.29 is 13.5 Å². The number of methoxy groups -OCH3 is 1. The van der Waals surface area contributed by atoms with Gasteiger partial charge < -0.3 is 10.1 Å². The molecule has 1 heterocycles. The molecule has 0 aliphatic carbocycles. The fourth-order valence-corrected chi connectivity index (χ4v) is 2.80. The van der Waals surface area contributed by atoms with Crippen molar-refractivity contribution in [2.45, 2.75) is 13.0 Å². The number of hydrogen-bond donors (Lipinski definition) is 1. The van der Waals surface area contributed by atoms with Crippen molar-refractivity contribution in [2.75, 3.05) is 20.3 Å². The first-order valence-corrected chi connectivity index (χ1v) is 7.08. The summed E-state index contributed by atoms with van der Waals surface area (Å²) in [7, 11) is 1.60. The number of ether oxygens (including phenoxy) is 1. The lowest BCUT2D eigenvalue weighted by atomic mass is 10.1. The highest BCUT2D eigenvalue weighted by Crippen LogP contribution is 2.26. The lowest BCUT2D eigenvalue weighted by Crippen LogP contribution is -2.26. The molecule has 1 atom stereocenters. The molecule has 2 aromatic rings. The van der Waals surface area contributed by atoms with Crippen molar-refractivity contribution in [1.82, 2.24) is 10.3 Å². The van der Waals surface area contributed by atoms with Crippen LogP contribution in [-0.2, 0) is 4.74 Å². The second-order valence-corrected chi connectivity index (χ2v) is 5.30. The highest BCUT2D eigenvalue weighted by molar-refractivity contribution is 7.09. The number of nitrogens with one attached hydrogen (secondary N) is 1. The molecule has 0 spiro atoms. The Balaban J connectivity index is 2.29. The summed E-state index contributed by atoms with van der Waals surface area (Å²) in [6.45, 7) is 2.97. The average molecular weight is 298 g/mol. The van der Waals surface area contributed by atoms with E-state index in [1.54, 1.807) is 7.11 Å². The molecule has 3 nitrogen and oxygen atoms in total. The first-order valence-electron chi connectivity index (χ1n) is 6.20. The number of thiazole rings is 1. The second kappa shape index (κ2) is 6.88. The normalized spacial score (nSPS) is 12.6. The van der Waals surface area contributed by atoms with Crippen molar-refractivity contribution in [2.24, 2.45) is 0 Å². The zero-order valence-electron chi connectivity index (χ0n) is 11.3. The number of aromatic nitrogens is 1. The van der Waals surface area contributed by atoms with E-state index in [0.29, 0.717) is 18.7 Å². The van der Waals surface area contributed by atoms with Crippen molar-refractivity contribution in [1.29, 1.82) is 0 Å². The molecule has 0 fully saturated rings. The minimum absolute atomic E-state index is 0.339. The Morgan fingerprint density at radius 1 is 1.30 bits per heavy atom. The molecule has 108 valence electrons. The topological polar surface area (TPSA) is 34.1 Å². The maximum absolute atomic E-state index is 13.4. The van der Waals surface area contributed by atoms with Crippen molar-refractivity contribution in [3.05, 3.63) is 51.5 Å². The van der Waals surface area contributed by atoms with Crippen LogP contribution in [0.5, 0.6) is 0 Å². The molecule has 0 radical (unpaired) electrons. The smallest absolute Gasteiger partial charge is 0.126 e. The summed E-state index contributed by atoms with van der Waals surface area (Å²) in [5.74, 6) is -1.18. The minimum Gasteiger partial charge on any atom is -0.383 e. The average Bonchev–Trinajstić information content (AvgIpc) is 2.80. The van der Waals surface area contributed by atoms with Gasteiger partial charge in [-0.05, 0) is 24.6 Å². The summed E-state index contributed by atoms with van der Waals surface area (Å²) < 4.78 is 31.8. The van der Waals surface area contributed by atoms with Gasteiger partial charge in [0.1, 0.15) is 16.6 Å². The monoisotopic (exact) mass is 298 g/mol. The van der Waals surface area contributed by atoms with Crippen LogP contribution in [-0.4, -0.2) is 25.2 Å². The van der Waals surface area contributed by atoms with E-state index in [-0.39, 0.29) is 6.04 Å². The third-order valence-electron chi connectivity index (χ3n) is 2.76. The maximum atomic E-state index is 13.4. The van der Waals surface area contributed by atoms with Crippen LogP contribution >= 0.6 is 11.3 Å². The van der Waals surface area contributed by atoms with Crippen LogP contribution in [0.3, 0.4) is 0 Å². The van der Waals surface area contributed by atoms with E-state index in [2.05, 4.69) is 10.3 Å². The van der Waals surface area contributed by atoms with Gasteiger partial charge in [0.25, 0.3) is 0 Å². The quantitative estimate of drug-likeness (QED) is 0.832. The fraction of sp³-hybridized carbons (Fsp3) is 0.357. The van der Waals surface area contributed by atoms with Gasteiger partial charge in [0.05, 0.1) is 12.6 Å². The van der Waals surface area contributed by atoms with E-state index < -0.39 is 11.6 Å². The van der Waals surface area contributed by atoms with Crippen molar-refractivity contribution in [3.8, 4) is 0 Å². The van der Waals surface area contributed by atoms with Crippen LogP contribution in [0.25, 0.3) is 0 Å². The first kappa shape index (κ1) is 15.0. The summed E-state index contributed by atoms with van der Waals surface area (Å²) in [5, 5.41) is 5.90. The Morgan fingerprint density at radius 3 is 2.55 bits per heavy atom. The summed E-state index contributed by atoms with van der Waals surface area (Å²) in [4.78, 5) is 4.40. The van der Waals surface area contributed by atoms with Gasteiger partial charge in [-0.3, -0.25) is 0 Å². The Labute approximate surface area is 120 Å². The van der Waals surface area contributed by atoms with Crippen LogP contribution < -0.4 is 5.32 Å². The molecule has 20 heavy (non-hydrogen) atoms. The lowest BCUT2D eigenvalue weighted by Gasteiger charge is -2.17. The van der Waals surface area contributed by atoms with Crippen LogP contribution in [0.4, 0.5) is 8.78 Å². The molecular formula is C14H16F2N2OS. The number of aryl methyl sites for hydroxylation is 1. The Kier molecular flexibility index (Phi) is 5.17. The van der Waals surface area contributed by atoms with Crippen molar-refractivity contribution >= 4 is 11.3 Å². The van der Waals surface area contributed by atoms with Crippen molar-refractivity contribution in [3.63, 3.8) is 0 Å². The van der Waals surface area contributed by atoms with E-state index in [9.17, 15) is 8.78 Å². The standard InChI is InChI=1S/C14H16F2N2OS/c1-9-8-20-14(18-9)13(17-3-4-19-2)10-5-11(15)7-12(16)6-10/h5-8,13,17H,3-4H2,1-2H3. The predicted octanol–water partition coefficient (Wildman–Crippen LogP) is 3.06. The molecule has 0 amide bonds. The molecule has 1 aromatic heterocycles. The molecule has 0 bridgehead atoms. The summed E-state index contributed by atoms with van der Waals surface area (Å²) in [6.07, 6.45) is 0. The van der Waals surface area contributed by atoms with Crippen LogP contribution in [0.2, 0.25) is 0 Å². The number of hydrogen-bond acceptors (Lipinski definition) is 4. The van der Waals surface area contributed by atoms with E-state index in [1.165, 1.54) is 23.5 Å². The zero-order valence-corrected chi connectivity index (χ0v) is 12.1.